The van der Waals surface area contributed by atoms with Crippen LogP contribution in [0, 0.1) is 13.8 Å². The summed E-state index contributed by atoms with van der Waals surface area (Å²) in [5.74, 6) is 0.408. The zero-order valence-electron chi connectivity index (χ0n) is 12.4. The number of likely N-dealkylation sites (N-methyl/N-ethyl adjacent to an activating group) is 1. The number of hydrogen-bond donors (Lipinski definition) is 1. The Morgan fingerprint density at radius 3 is 2.50 bits per heavy atom. The molecule has 0 amide bonds. The van der Waals surface area contributed by atoms with Crippen molar-refractivity contribution in [2.75, 3.05) is 27.2 Å². The lowest BCUT2D eigenvalue weighted by molar-refractivity contribution is 0.376. The fourth-order valence-electron chi connectivity index (χ4n) is 2.43. The van der Waals surface area contributed by atoms with E-state index in [9.17, 15) is 8.42 Å². The third kappa shape index (κ3) is 2.68. The highest BCUT2D eigenvalue weighted by atomic mass is 32.2. The smallest absolute Gasteiger partial charge is 0.246 e. The van der Waals surface area contributed by atoms with Crippen LogP contribution in [0.3, 0.4) is 0 Å². The highest BCUT2D eigenvalue weighted by Gasteiger charge is 2.32. The van der Waals surface area contributed by atoms with E-state index in [0.717, 1.165) is 24.1 Å². The fraction of sp³-hybridized carbons (Fsp3) is 0.571. The molecule has 112 valence electrons. The molecule has 0 spiro atoms. The van der Waals surface area contributed by atoms with Gasteiger partial charge in [-0.2, -0.15) is 4.31 Å². The summed E-state index contributed by atoms with van der Waals surface area (Å²) in [4.78, 5) is 0.248. The molecule has 1 aliphatic rings. The van der Waals surface area contributed by atoms with E-state index in [2.05, 4.69) is 5.32 Å². The maximum Gasteiger partial charge on any atom is 0.246 e. The van der Waals surface area contributed by atoms with Crippen molar-refractivity contribution in [3.8, 4) is 5.75 Å². The van der Waals surface area contributed by atoms with Gasteiger partial charge < -0.3 is 10.1 Å². The highest BCUT2D eigenvalue weighted by molar-refractivity contribution is 7.89. The number of rotatable bonds is 4. The van der Waals surface area contributed by atoms with Crippen molar-refractivity contribution in [1.29, 1.82) is 0 Å². The van der Waals surface area contributed by atoms with Crippen LogP contribution in [-0.4, -0.2) is 46.0 Å². The summed E-state index contributed by atoms with van der Waals surface area (Å²) in [6, 6.07) is 3.48. The van der Waals surface area contributed by atoms with Gasteiger partial charge in [0.25, 0.3) is 0 Å². The lowest BCUT2D eigenvalue weighted by Gasteiger charge is -2.24. The molecule has 5 nitrogen and oxygen atoms in total. The Hall–Kier alpha value is -1.11. The first-order valence-electron chi connectivity index (χ1n) is 6.72. The Kier molecular flexibility index (Phi) is 4.36. The fourth-order valence-corrected chi connectivity index (χ4v) is 4.03. The summed E-state index contributed by atoms with van der Waals surface area (Å²) in [6.07, 6.45) is 0.836. The third-order valence-corrected chi connectivity index (χ3v) is 5.92. The minimum atomic E-state index is -3.54. The number of nitrogens with one attached hydrogen (secondary N) is 1. The lowest BCUT2D eigenvalue weighted by Crippen LogP contribution is -2.38. The van der Waals surface area contributed by atoms with E-state index in [-0.39, 0.29) is 10.9 Å². The molecule has 0 aliphatic carbocycles. The van der Waals surface area contributed by atoms with E-state index < -0.39 is 10.0 Å². The summed E-state index contributed by atoms with van der Waals surface area (Å²) < 4.78 is 32.3. The maximum absolute atomic E-state index is 12.8. The predicted octanol–water partition coefficient (Wildman–Crippen LogP) is 1.29. The van der Waals surface area contributed by atoms with Crippen LogP contribution in [0.4, 0.5) is 0 Å². The Balaban J connectivity index is 2.45. The van der Waals surface area contributed by atoms with Gasteiger partial charge in [-0.3, -0.25) is 0 Å². The van der Waals surface area contributed by atoms with Gasteiger partial charge in [0.1, 0.15) is 10.6 Å². The summed E-state index contributed by atoms with van der Waals surface area (Å²) in [7, 11) is -0.395. The molecule has 1 heterocycles. The molecule has 0 radical (unpaired) electrons. The minimum absolute atomic E-state index is 0.00585. The quantitative estimate of drug-likeness (QED) is 0.910. The molecule has 1 N–H and O–H groups in total. The highest BCUT2D eigenvalue weighted by Crippen LogP contribution is 2.30. The molecule has 1 saturated heterocycles. The monoisotopic (exact) mass is 298 g/mol. The Morgan fingerprint density at radius 1 is 1.30 bits per heavy atom. The molecule has 1 aromatic carbocycles. The Morgan fingerprint density at radius 2 is 1.95 bits per heavy atom. The van der Waals surface area contributed by atoms with Crippen molar-refractivity contribution < 1.29 is 13.2 Å². The Labute approximate surface area is 121 Å². The topological polar surface area (TPSA) is 58.6 Å². The van der Waals surface area contributed by atoms with Crippen molar-refractivity contribution in [1.82, 2.24) is 9.62 Å². The molecule has 6 heteroatoms. The number of benzene rings is 1. The third-order valence-electron chi connectivity index (χ3n) is 3.99. The number of ether oxygens (including phenoxy) is 1. The van der Waals surface area contributed by atoms with Crippen LogP contribution < -0.4 is 10.1 Å². The van der Waals surface area contributed by atoms with Crippen LogP contribution >= 0.6 is 0 Å². The largest absolute Gasteiger partial charge is 0.495 e. The van der Waals surface area contributed by atoms with Crippen LogP contribution in [0.5, 0.6) is 5.75 Å². The van der Waals surface area contributed by atoms with Crippen LogP contribution in [0.15, 0.2) is 17.0 Å². The van der Waals surface area contributed by atoms with E-state index in [4.69, 9.17) is 4.74 Å². The molecular formula is C14H22N2O3S. The van der Waals surface area contributed by atoms with Crippen molar-refractivity contribution in [3.63, 3.8) is 0 Å². The molecule has 1 atom stereocenters. The van der Waals surface area contributed by atoms with Crippen molar-refractivity contribution in [3.05, 3.63) is 23.3 Å². The molecule has 2 rings (SSSR count). The van der Waals surface area contributed by atoms with Gasteiger partial charge in [-0.1, -0.05) is 0 Å². The zero-order chi connectivity index (χ0) is 14.9. The number of methoxy groups -OCH3 is 1. The number of nitrogens with zero attached hydrogens (tertiary/aromatic N) is 1. The van der Waals surface area contributed by atoms with E-state index in [1.165, 1.54) is 11.4 Å². The number of sulfonamides is 1. The van der Waals surface area contributed by atoms with Gasteiger partial charge in [-0.25, -0.2) is 8.42 Å². The molecule has 1 unspecified atom stereocenters. The first kappa shape index (κ1) is 15.3. The molecule has 0 aromatic heterocycles. The van der Waals surface area contributed by atoms with Gasteiger partial charge in [-0.05, 0) is 50.1 Å². The lowest BCUT2D eigenvalue weighted by atomic mass is 10.1. The Bertz CT molecular complexity index is 593. The molecule has 20 heavy (non-hydrogen) atoms. The molecular weight excluding hydrogens is 276 g/mol. The second-order valence-electron chi connectivity index (χ2n) is 5.26. The van der Waals surface area contributed by atoms with E-state index >= 15 is 0 Å². The first-order chi connectivity index (χ1) is 9.37. The van der Waals surface area contributed by atoms with Crippen LogP contribution in [0.2, 0.25) is 0 Å². The van der Waals surface area contributed by atoms with E-state index in [1.807, 2.05) is 13.8 Å². The van der Waals surface area contributed by atoms with Gasteiger partial charge in [-0.15, -0.1) is 0 Å². The van der Waals surface area contributed by atoms with Gasteiger partial charge in [0.15, 0.2) is 0 Å². The summed E-state index contributed by atoms with van der Waals surface area (Å²) >= 11 is 0. The van der Waals surface area contributed by atoms with Crippen LogP contribution in [0.25, 0.3) is 0 Å². The normalized spacial score (nSPS) is 19.6. The summed E-state index contributed by atoms with van der Waals surface area (Å²) in [6.45, 7) is 5.40. The molecule has 1 aliphatic heterocycles. The maximum atomic E-state index is 12.8. The average molecular weight is 298 g/mol. The van der Waals surface area contributed by atoms with Crippen LogP contribution in [-0.2, 0) is 10.0 Å². The minimum Gasteiger partial charge on any atom is -0.495 e. The van der Waals surface area contributed by atoms with E-state index in [0.29, 0.717) is 12.3 Å². The number of hydrogen-bond acceptors (Lipinski definition) is 4. The standard InChI is InChI=1S/C14H22N2O3S/c1-10-7-13(19-4)14(8-11(10)2)20(17,18)16(3)12-5-6-15-9-12/h7-8,12,15H,5-6,9H2,1-4H3. The molecule has 1 aromatic rings. The zero-order valence-corrected chi connectivity index (χ0v) is 13.3. The number of aryl methyl sites for hydroxylation is 2. The second kappa shape index (κ2) is 5.71. The predicted molar refractivity (Wildman–Crippen MR) is 78.7 cm³/mol. The molecule has 0 bridgehead atoms. The van der Waals surface area contributed by atoms with Crippen molar-refractivity contribution in [2.24, 2.45) is 0 Å². The van der Waals surface area contributed by atoms with Crippen LogP contribution in [0.1, 0.15) is 17.5 Å². The van der Waals surface area contributed by atoms with Gasteiger partial charge in [0.05, 0.1) is 7.11 Å². The first-order valence-corrected chi connectivity index (χ1v) is 8.16. The summed E-state index contributed by atoms with van der Waals surface area (Å²) in [5, 5.41) is 3.19. The van der Waals surface area contributed by atoms with Crippen molar-refractivity contribution >= 4 is 10.0 Å². The average Bonchev–Trinajstić information content (AvgIpc) is 2.94. The molecule has 0 saturated carbocycles. The SMILES string of the molecule is COc1cc(C)c(C)cc1S(=O)(=O)N(C)C1CCNC1. The van der Waals surface area contributed by atoms with Gasteiger partial charge >= 0.3 is 0 Å². The van der Waals surface area contributed by atoms with Gasteiger partial charge in [0.2, 0.25) is 10.0 Å². The second-order valence-corrected chi connectivity index (χ2v) is 7.22. The van der Waals surface area contributed by atoms with E-state index in [1.54, 1.807) is 19.2 Å². The summed E-state index contributed by atoms with van der Waals surface area (Å²) in [5.41, 5.74) is 1.97. The van der Waals surface area contributed by atoms with Gasteiger partial charge in [0, 0.05) is 19.6 Å². The molecule has 1 fully saturated rings. The van der Waals surface area contributed by atoms with Crippen molar-refractivity contribution in [2.45, 2.75) is 31.2 Å².